The third-order valence-electron chi connectivity index (χ3n) is 7.17. The second-order valence-corrected chi connectivity index (χ2v) is 7.34. The molecule has 4 rings (SSSR count). The van der Waals surface area contributed by atoms with Crippen molar-refractivity contribution < 1.29 is 0 Å². The fraction of sp³-hybridized carbons (Fsp3) is 1.00. The van der Waals surface area contributed by atoms with Crippen LogP contribution in [0.4, 0.5) is 0 Å². The summed E-state index contributed by atoms with van der Waals surface area (Å²) in [6, 6.07) is 0. The summed E-state index contributed by atoms with van der Waals surface area (Å²) in [6.07, 6.45) is 9.65. The van der Waals surface area contributed by atoms with Crippen LogP contribution in [0, 0.1) is 40.9 Å². The van der Waals surface area contributed by atoms with Gasteiger partial charge in [0.25, 0.3) is 0 Å². The van der Waals surface area contributed by atoms with Crippen molar-refractivity contribution in [1.82, 2.24) is 0 Å². The highest BCUT2D eigenvalue weighted by Gasteiger charge is 2.63. The van der Waals surface area contributed by atoms with E-state index in [-0.39, 0.29) is 0 Å². The first-order chi connectivity index (χ1) is 7.21. The molecule has 4 fully saturated rings. The lowest BCUT2D eigenvalue weighted by atomic mass is 9.59. The zero-order chi connectivity index (χ0) is 10.2. The molecule has 4 bridgehead atoms. The van der Waals surface area contributed by atoms with Gasteiger partial charge in [0.15, 0.2) is 0 Å². The van der Waals surface area contributed by atoms with E-state index in [1.807, 2.05) is 0 Å². The van der Waals surface area contributed by atoms with Crippen LogP contribution in [-0.4, -0.2) is 0 Å². The minimum Gasteiger partial charge on any atom is -0.0620 e. The lowest BCUT2D eigenvalue weighted by molar-refractivity contribution is 0.0269. The largest absolute Gasteiger partial charge is 0.0620 e. The van der Waals surface area contributed by atoms with Crippen molar-refractivity contribution in [1.29, 1.82) is 0 Å². The predicted octanol–water partition coefficient (Wildman–Crippen LogP) is 4.10. The molecule has 0 heterocycles. The Morgan fingerprint density at radius 2 is 1.80 bits per heavy atom. The molecule has 0 heteroatoms. The van der Waals surface area contributed by atoms with Crippen LogP contribution >= 0.6 is 0 Å². The second-order valence-electron chi connectivity index (χ2n) is 7.34. The number of fused-ring (bicyclic) bond motifs is 6. The van der Waals surface area contributed by atoms with Crippen molar-refractivity contribution in [2.24, 2.45) is 40.9 Å². The van der Waals surface area contributed by atoms with Crippen LogP contribution in [0.15, 0.2) is 0 Å². The van der Waals surface area contributed by atoms with Crippen LogP contribution in [0.3, 0.4) is 0 Å². The molecule has 0 aliphatic heterocycles. The summed E-state index contributed by atoms with van der Waals surface area (Å²) < 4.78 is 0. The van der Waals surface area contributed by atoms with Gasteiger partial charge in [-0.25, -0.2) is 0 Å². The highest BCUT2D eigenvalue weighted by molar-refractivity contribution is 5.13. The van der Waals surface area contributed by atoms with Crippen LogP contribution in [0.5, 0.6) is 0 Å². The van der Waals surface area contributed by atoms with Crippen molar-refractivity contribution in [3.05, 3.63) is 0 Å². The van der Waals surface area contributed by atoms with Gasteiger partial charge in [-0.05, 0) is 73.0 Å². The average Bonchev–Trinajstić information content (AvgIpc) is 2.92. The Morgan fingerprint density at radius 1 is 0.933 bits per heavy atom. The summed E-state index contributed by atoms with van der Waals surface area (Å²) in [5, 5.41) is 0. The Hall–Kier alpha value is 0. The topological polar surface area (TPSA) is 0 Å². The zero-order valence-electron chi connectivity index (χ0n) is 10.2. The summed E-state index contributed by atoms with van der Waals surface area (Å²) >= 11 is 0. The van der Waals surface area contributed by atoms with Crippen molar-refractivity contribution in [2.75, 3.05) is 0 Å². The maximum atomic E-state index is 2.56. The fourth-order valence-electron chi connectivity index (χ4n) is 6.41. The molecule has 1 spiro atoms. The second kappa shape index (κ2) is 2.63. The van der Waals surface area contributed by atoms with Gasteiger partial charge in [0.05, 0.1) is 0 Å². The molecule has 0 radical (unpaired) electrons. The van der Waals surface area contributed by atoms with E-state index in [0.29, 0.717) is 0 Å². The molecule has 4 aliphatic carbocycles. The van der Waals surface area contributed by atoms with Crippen molar-refractivity contribution in [3.8, 4) is 0 Å². The van der Waals surface area contributed by atoms with Gasteiger partial charge in [0.2, 0.25) is 0 Å². The standard InChI is InChI=1S/C15H24/c1-9-10(2)14-6-12(9)8-15(14)7-11-3-4-13(15)5-11/h9-14H,3-8H2,1-2H3. The Bertz CT molecular complexity index is 292. The lowest BCUT2D eigenvalue weighted by Gasteiger charge is -2.46. The van der Waals surface area contributed by atoms with E-state index in [9.17, 15) is 0 Å². The maximum Gasteiger partial charge on any atom is -0.0233 e. The van der Waals surface area contributed by atoms with E-state index in [2.05, 4.69) is 13.8 Å². The Morgan fingerprint density at radius 3 is 2.33 bits per heavy atom. The van der Waals surface area contributed by atoms with E-state index < -0.39 is 0 Å². The van der Waals surface area contributed by atoms with E-state index in [4.69, 9.17) is 0 Å². The third kappa shape index (κ3) is 0.913. The van der Waals surface area contributed by atoms with Crippen LogP contribution in [0.1, 0.15) is 52.4 Å². The molecule has 0 aromatic heterocycles. The molecule has 84 valence electrons. The monoisotopic (exact) mass is 204 g/mol. The highest BCUT2D eigenvalue weighted by Crippen LogP contribution is 2.72. The molecule has 7 atom stereocenters. The molecule has 4 aliphatic rings. The van der Waals surface area contributed by atoms with Gasteiger partial charge in [-0.3, -0.25) is 0 Å². The summed E-state index contributed by atoms with van der Waals surface area (Å²) in [6.45, 7) is 5.08. The van der Waals surface area contributed by atoms with E-state index in [1.165, 1.54) is 0 Å². The number of hydrogen-bond acceptors (Lipinski definition) is 0. The fourth-order valence-corrected chi connectivity index (χ4v) is 6.41. The maximum absolute atomic E-state index is 2.56. The van der Waals surface area contributed by atoms with Crippen molar-refractivity contribution >= 4 is 0 Å². The predicted molar refractivity (Wildman–Crippen MR) is 62.4 cm³/mol. The third-order valence-corrected chi connectivity index (χ3v) is 7.17. The van der Waals surface area contributed by atoms with Gasteiger partial charge in [-0.15, -0.1) is 0 Å². The summed E-state index contributed by atoms with van der Waals surface area (Å²) in [7, 11) is 0. The van der Waals surface area contributed by atoms with Crippen LogP contribution in [-0.2, 0) is 0 Å². The summed E-state index contributed by atoms with van der Waals surface area (Å²) in [4.78, 5) is 0. The molecular weight excluding hydrogens is 180 g/mol. The first-order valence-corrected chi connectivity index (χ1v) is 7.21. The molecule has 0 aromatic rings. The molecule has 0 saturated heterocycles. The Kier molecular flexibility index (Phi) is 1.59. The molecular formula is C15H24. The summed E-state index contributed by atoms with van der Waals surface area (Å²) in [5.41, 5.74) is 0.875. The van der Waals surface area contributed by atoms with Gasteiger partial charge >= 0.3 is 0 Å². The van der Waals surface area contributed by atoms with Crippen LogP contribution in [0.2, 0.25) is 0 Å². The van der Waals surface area contributed by atoms with Gasteiger partial charge in [0, 0.05) is 0 Å². The van der Waals surface area contributed by atoms with Crippen molar-refractivity contribution in [3.63, 3.8) is 0 Å². The minimum atomic E-state index is 0.875. The first kappa shape index (κ1) is 9.07. The summed E-state index contributed by atoms with van der Waals surface area (Å²) in [5.74, 6) is 6.64. The number of hydrogen-bond donors (Lipinski definition) is 0. The van der Waals surface area contributed by atoms with Gasteiger partial charge in [0.1, 0.15) is 0 Å². The van der Waals surface area contributed by atoms with Crippen LogP contribution < -0.4 is 0 Å². The smallest absolute Gasteiger partial charge is 0.0233 e. The Balaban J connectivity index is 1.70. The first-order valence-electron chi connectivity index (χ1n) is 7.21. The van der Waals surface area contributed by atoms with E-state index in [1.54, 1.807) is 38.5 Å². The van der Waals surface area contributed by atoms with Crippen molar-refractivity contribution in [2.45, 2.75) is 52.4 Å². The average molecular weight is 204 g/mol. The van der Waals surface area contributed by atoms with E-state index in [0.717, 1.165) is 40.9 Å². The molecule has 15 heavy (non-hydrogen) atoms. The highest BCUT2D eigenvalue weighted by atomic mass is 14.7. The lowest BCUT2D eigenvalue weighted by Crippen LogP contribution is -2.39. The van der Waals surface area contributed by atoms with Gasteiger partial charge in [-0.2, -0.15) is 0 Å². The van der Waals surface area contributed by atoms with Gasteiger partial charge in [-0.1, -0.05) is 20.3 Å². The van der Waals surface area contributed by atoms with Gasteiger partial charge < -0.3 is 0 Å². The quantitative estimate of drug-likeness (QED) is 0.557. The SMILES string of the molecule is CC1C2CC(C1C)C1(CC3CCC1C3)C2. The molecule has 4 saturated carbocycles. The normalized spacial score (nSPS) is 66.0. The zero-order valence-corrected chi connectivity index (χ0v) is 10.2. The molecule has 0 aromatic carbocycles. The Labute approximate surface area is 93.8 Å². The minimum absolute atomic E-state index is 0.875. The molecule has 0 amide bonds. The molecule has 7 unspecified atom stereocenters. The molecule has 0 nitrogen and oxygen atoms in total. The van der Waals surface area contributed by atoms with Crippen LogP contribution in [0.25, 0.3) is 0 Å². The van der Waals surface area contributed by atoms with E-state index >= 15 is 0 Å². The number of rotatable bonds is 0. The molecule has 0 N–H and O–H groups in total.